The fourth-order valence-corrected chi connectivity index (χ4v) is 0.957. The van der Waals surface area contributed by atoms with Gasteiger partial charge in [-0.25, -0.2) is 4.98 Å². The van der Waals surface area contributed by atoms with Gasteiger partial charge in [0.25, 0.3) is 0 Å². The second-order valence-corrected chi connectivity index (χ2v) is 2.75. The highest BCUT2D eigenvalue weighted by Crippen LogP contribution is 2.14. The van der Waals surface area contributed by atoms with Crippen LogP contribution >= 0.6 is 11.6 Å². The van der Waals surface area contributed by atoms with Crippen molar-refractivity contribution >= 4 is 23.4 Å². The molecule has 0 aliphatic heterocycles. The van der Waals surface area contributed by atoms with Gasteiger partial charge in [-0.1, -0.05) is 11.6 Å². The third-order valence-electron chi connectivity index (χ3n) is 1.41. The van der Waals surface area contributed by atoms with Crippen LogP contribution in [0.2, 0.25) is 5.15 Å². The second-order valence-electron chi connectivity index (χ2n) is 2.37. The van der Waals surface area contributed by atoms with Gasteiger partial charge in [0, 0.05) is 6.08 Å². The zero-order valence-electron chi connectivity index (χ0n) is 7.33. The van der Waals surface area contributed by atoms with Gasteiger partial charge in [-0.2, -0.15) is 0 Å². The molecule has 13 heavy (non-hydrogen) atoms. The summed E-state index contributed by atoms with van der Waals surface area (Å²) in [5.41, 5.74) is 6.85. The molecule has 0 fully saturated rings. The topological polar surface area (TPSA) is 48.1 Å². The zero-order valence-corrected chi connectivity index (χ0v) is 8.08. The molecular formula is C9H11ClN2O. The number of nitrogens with two attached hydrogens (primary N) is 1. The summed E-state index contributed by atoms with van der Waals surface area (Å²) in [7, 11) is 0. The van der Waals surface area contributed by atoms with E-state index in [0.29, 0.717) is 23.1 Å². The maximum Gasteiger partial charge on any atom is 0.129 e. The highest BCUT2D eigenvalue weighted by Gasteiger charge is 1.97. The van der Waals surface area contributed by atoms with Crippen LogP contribution in [0.5, 0.6) is 0 Å². The molecule has 0 saturated carbocycles. The summed E-state index contributed by atoms with van der Waals surface area (Å²) < 4.78 is 5.01. The number of hydrogen-bond donors (Lipinski definition) is 1. The lowest BCUT2D eigenvalue weighted by molar-refractivity contribution is 0.272. The van der Waals surface area contributed by atoms with Crippen LogP contribution in [0, 0.1) is 0 Å². The van der Waals surface area contributed by atoms with Crippen LogP contribution in [0.15, 0.2) is 18.4 Å². The predicted molar refractivity (Wildman–Crippen MR) is 54.3 cm³/mol. The van der Waals surface area contributed by atoms with Crippen molar-refractivity contribution in [3.05, 3.63) is 29.2 Å². The lowest BCUT2D eigenvalue weighted by Crippen LogP contribution is -1.92. The monoisotopic (exact) mass is 198 g/mol. The highest BCUT2D eigenvalue weighted by molar-refractivity contribution is 6.29. The number of nitrogens with zero attached hydrogens (tertiary/aromatic N) is 1. The minimum absolute atomic E-state index is 0.422. The summed E-state index contributed by atoms with van der Waals surface area (Å²) in [6, 6.07) is 3.36. The Labute approximate surface area is 82.2 Å². The molecule has 0 atom stereocenters. The van der Waals surface area contributed by atoms with Gasteiger partial charge in [-0.3, -0.25) is 0 Å². The van der Waals surface area contributed by atoms with Gasteiger partial charge < -0.3 is 10.5 Å². The number of ether oxygens (including phenoxy) is 1. The summed E-state index contributed by atoms with van der Waals surface area (Å²) in [6.07, 6.45) is 3.24. The Bertz CT molecular complexity index is 312. The lowest BCUT2D eigenvalue weighted by Gasteiger charge is -1.99. The minimum Gasteiger partial charge on any atom is -0.501 e. The van der Waals surface area contributed by atoms with Crippen LogP contribution in [-0.4, -0.2) is 11.6 Å². The minimum atomic E-state index is 0.422. The molecule has 0 saturated heterocycles. The van der Waals surface area contributed by atoms with E-state index in [9.17, 15) is 0 Å². The van der Waals surface area contributed by atoms with E-state index in [1.807, 2.05) is 6.92 Å². The lowest BCUT2D eigenvalue weighted by atomic mass is 10.3. The van der Waals surface area contributed by atoms with Gasteiger partial charge in [0.1, 0.15) is 5.15 Å². The van der Waals surface area contributed by atoms with Gasteiger partial charge in [0.2, 0.25) is 0 Å². The first-order valence-corrected chi connectivity index (χ1v) is 4.32. The normalized spacial score (nSPS) is 10.6. The van der Waals surface area contributed by atoms with Gasteiger partial charge in [0.05, 0.1) is 24.3 Å². The largest absolute Gasteiger partial charge is 0.501 e. The number of rotatable bonds is 3. The van der Waals surface area contributed by atoms with Crippen LogP contribution in [0.25, 0.3) is 6.08 Å². The second kappa shape index (κ2) is 4.72. The first-order valence-electron chi connectivity index (χ1n) is 3.94. The SMILES string of the molecule is CCOC=Cc1nc(Cl)ccc1N. The summed E-state index contributed by atoms with van der Waals surface area (Å²) in [4.78, 5) is 4.02. The molecule has 0 aliphatic carbocycles. The standard InChI is InChI=1S/C9H11ClN2O/c1-2-13-6-5-8-7(11)3-4-9(10)12-8/h3-6H,2,11H2,1H3. The Kier molecular flexibility index (Phi) is 3.58. The average Bonchev–Trinajstić information content (AvgIpc) is 2.11. The molecule has 1 aromatic rings. The van der Waals surface area contributed by atoms with Crippen molar-refractivity contribution in [3.8, 4) is 0 Å². The molecule has 3 nitrogen and oxygen atoms in total. The van der Waals surface area contributed by atoms with Gasteiger partial charge in [0.15, 0.2) is 0 Å². The Morgan fingerprint density at radius 2 is 2.38 bits per heavy atom. The molecule has 70 valence electrons. The van der Waals surface area contributed by atoms with E-state index in [1.54, 1.807) is 24.5 Å². The predicted octanol–water partition coefficient (Wildman–Crippen LogP) is 2.32. The van der Waals surface area contributed by atoms with E-state index in [0.717, 1.165) is 0 Å². The number of halogens is 1. The van der Waals surface area contributed by atoms with Gasteiger partial charge in [-0.15, -0.1) is 0 Å². The quantitative estimate of drug-likeness (QED) is 0.599. The number of anilines is 1. The van der Waals surface area contributed by atoms with Crippen LogP contribution < -0.4 is 5.73 Å². The van der Waals surface area contributed by atoms with Crippen molar-refractivity contribution in [2.24, 2.45) is 0 Å². The van der Waals surface area contributed by atoms with Crippen molar-refractivity contribution in [3.63, 3.8) is 0 Å². The van der Waals surface area contributed by atoms with Crippen LogP contribution in [0.4, 0.5) is 5.69 Å². The first kappa shape index (κ1) is 9.86. The summed E-state index contributed by atoms with van der Waals surface area (Å²) >= 11 is 5.69. The Morgan fingerprint density at radius 1 is 1.62 bits per heavy atom. The summed E-state index contributed by atoms with van der Waals surface area (Å²) in [5.74, 6) is 0. The Balaban J connectivity index is 2.81. The molecule has 2 N–H and O–H groups in total. The van der Waals surface area contributed by atoms with E-state index in [1.165, 1.54) is 0 Å². The van der Waals surface area contributed by atoms with Crippen LogP contribution in [0.3, 0.4) is 0 Å². The smallest absolute Gasteiger partial charge is 0.129 e. The van der Waals surface area contributed by atoms with Crippen molar-refractivity contribution in [1.29, 1.82) is 0 Å². The molecule has 0 amide bonds. The Morgan fingerprint density at radius 3 is 3.08 bits per heavy atom. The van der Waals surface area contributed by atoms with Crippen LogP contribution in [-0.2, 0) is 4.74 Å². The molecule has 1 aromatic heterocycles. The number of aromatic nitrogens is 1. The molecule has 0 aliphatic rings. The number of pyridine rings is 1. The number of hydrogen-bond acceptors (Lipinski definition) is 3. The molecule has 4 heteroatoms. The molecule has 0 spiro atoms. The molecule has 0 aromatic carbocycles. The summed E-state index contributed by atoms with van der Waals surface area (Å²) in [6.45, 7) is 2.52. The van der Waals surface area contributed by atoms with E-state index < -0.39 is 0 Å². The Hall–Kier alpha value is -1.22. The third kappa shape index (κ3) is 2.95. The average molecular weight is 199 g/mol. The van der Waals surface area contributed by atoms with E-state index in [4.69, 9.17) is 22.1 Å². The van der Waals surface area contributed by atoms with E-state index >= 15 is 0 Å². The molecule has 0 radical (unpaired) electrons. The van der Waals surface area contributed by atoms with Crippen molar-refractivity contribution in [1.82, 2.24) is 4.98 Å². The van der Waals surface area contributed by atoms with Crippen LogP contribution in [0.1, 0.15) is 12.6 Å². The van der Waals surface area contributed by atoms with Gasteiger partial charge in [-0.05, 0) is 19.1 Å². The van der Waals surface area contributed by atoms with Crippen molar-refractivity contribution in [2.45, 2.75) is 6.92 Å². The van der Waals surface area contributed by atoms with E-state index in [-0.39, 0.29) is 0 Å². The number of nitrogen functional groups attached to an aromatic ring is 1. The fraction of sp³-hybridized carbons (Fsp3) is 0.222. The van der Waals surface area contributed by atoms with E-state index in [2.05, 4.69) is 4.98 Å². The molecule has 1 rings (SSSR count). The molecule has 1 heterocycles. The molecule has 0 bridgehead atoms. The van der Waals surface area contributed by atoms with Crippen molar-refractivity contribution < 1.29 is 4.74 Å². The maximum absolute atomic E-state index is 5.69. The van der Waals surface area contributed by atoms with Gasteiger partial charge >= 0.3 is 0 Å². The molecular weight excluding hydrogens is 188 g/mol. The summed E-state index contributed by atoms with van der Waals surface area (Å²) in [5, 5.41) is 0.422. The van der Waals surface area contributed by atoms with Crippen molar-refractivity contribution in [2.75, 3.05) is 12.3 Å². The highest BCUT2D eigenvalue weighted by atomic mass is 35.5. The fourth-order valence-electron chi connectivity index (χ4n) is 0.803. The third-order valence-corrected chi connectivity index (χ3v) is 1.62. The molecule has 0 unspecified atom stereocenters. The first-order chi connectivity index (χ1) is 6.24. The zero-order chi connectivity index (χ0) is 9.68. The maximum atomic E-state index is 5.69.